The molecule has 2 aromatic rings. The van der Waals surface area contributed by atoms with Crippen molar-refractivity contribution in [2.45, 2.75) is 19.3 Å². The van der Waals surface area contributed by atoms with E-state index >= 15 is 0 Å². The van der Waals surface area contributed by atoms with Crippen molar-refractivity contribution >= 4 is 21.4 Å². The first-order valence-electron chi connectivity index (χ1n) is 10.2. The second-order valence-corrected chi connectivity index (χ2v) is 9.74. The molecule has 0 unspecified atom stereocenters. The Bertz CT molecular complexity index is 854. The summed E-state index contributed by atoms with van der Waals surface area (Å²) in [6, 6.07) is 18.6. The number of hydrogen-bond acceptors (Lipinski definition) is 4. The van der Waals surface area contributed by atoms with Crippen molar-refractivity contribution in [2.24, 2.45) is 0 Å². The molecule has 5 nitrogen and oxygen atoms in total. The molecule has 0 aliphatic carbocycles. The number of aryl methyl sites for hydroxylation is 1. The van der Waals surface area contributed by atoms with Crippen LogP contribution in [0.3, 0.4) is 0 Å². The molecule has 6 heteroatoms. The van der Waals surface area contributed by atoms with Gasteiger partial charge in [-0.25, -0.2) is 8.42 Å². The molecule has 0 spiro atoms. The van der Waals surface area contributed by atoms with Crippen LogP contribution in [-0.4, -0.2) is 57.7 Å². The van der Waals surface area contributed by atoms with E-state index in [4.69, 9.17) is 0 Å². The van der Waals surface area contributed by atoms with E-state index < -0.39 is 10.0 Å². The van der Waals surface area contributed by atoms with Crippen molar-refractivity contribution in [2.75, 3.05) is 54.8 Å². The lowest BCUT2D eigenvalue weighted by Gasteiger charge is -2.35. The third-order valence-electron chi connectivity index (χ3n) is 5.81. The number of piperazine rings is 1. The summed E-state index contributed by atoms with van der Waals surface area (Å²) in [4.78, 5) is 4.72. The van der Waals surface area contributed by atoms with Gasteiger partial charge in [0.05, 0.1) is 5.75 Å². The van der Waals surface area contributed by atoms with Gasteiger partial charge in [-0.3, -0.25) is 0 Å². The van der Waals surface area contributed by atoms with E-state index in [-0.39, 0.29) is 5.75 Å². The largest absolute Gasteiger partial charge is 0.372 e. The molecule has 0 atom stereocenters. The highest BCUT2D eigenvalue weighted by Crippen LogP contribution is 2.25. The number of hydrogen-bond donors (Lipinski definition) is 0. The maximum absolute atomic E-state index is 12.7. The Kier molecular flexibility index (Phi) is 5.87. The molecule has 0 radical (unpaired) electrons. The van der Waals surface area contributed by atoms with Crippen molar-refractivity contribution in [1.82, 2.24) is 4.31 Å². The maximum atomic E-state index is 12.7. The molecule has 2 fully saturated rings. The van der Waals surface area contributed by atoms with Crippen LogP contribution < -0.4 is 9.80 Å². The van der Waals surface area contributed by atoms with Gasteiger partial charge in [0.2, 0.25) is 10.0 Å². The van der Waals surface area contributed by atoms with Crippen LogP contribution in [0.2, 0.25) is 0 Å². The maximum Gasteiger partial charge on any atom is 0.214 e. The fourth-order valence-corrected chi connectivity index (χ4v) is 5.57. The zero-order valence-corrected chi connectivity index (χ0v) is 17.2. The summed E-state index contributed by atoms with van der Waals surface area (Å²) in [6.07, 6.45) is 3.13. The molecular weight excluding hydrogens is 370 g/mol. The molecule has 4 rings (SSSR count). The van der Waals surface area contributed by atoms with Crippen LogP contribution in [0.25, 0.3) is 0 Å². The molecule has 0 N–H and O–H groups in total. The molecule has 0 amide bonds. The van der Waals surface area contributed by atoms with Crippen LogP contribution in [-0.2, 0) is 16.4 Å². The van der Waals surface area contributed by atoms with Gasteiger partial charge in [-0.05, 0) is 49.1 Å². The van der Waals surface area contributed by atoms with Crippen LogP contribution in [0.4, 0.5) is 11.4 Å². The van der Waals surface area contributed by atoms with Crippen LogP contribution in [0.15, 0.2) is 54.6 Å². The van der Waals surface area contributed by atoms with Crippen LogP contribution in [0, 0.1) is 0 Å². The van der Waals surface area contributed by atoms with E-state index in [2.05, 4.69) is 34.1 Å². The van der Waals surface area contributed by atoms with Crippen molar-refractivity contribution in [3.8, 4) is 0 Å². The van der Waals surface area contributed by atoms with Gasteiger partial charge in [0.15, 0.2) is 0 Å². The topological polar surface area (TPSA) is 43.9 Å². The minimum absolute atomic E-state index is 0.182. The van der Waals surface area contributed by atoms with Crippen LogP contribution in [0.5, 0.6) is 0 Å². The molecule has 150 valence electrons. The second kappa shape index (κ2) is 8.53. The fraction of sp³-hybridized carbons (Fsp3) is 0.455. The highest BCUT2D eigenvalue weighted by molar-refractivity contribution is 7.89. The second-order valence-electron chi connectivity index (χ2n) is 7.65. The van der Waals surface area contributed by atoms with Gasteiger partial charge < -0.3 is 9.80 Å². The van der Waals surface area contributed by atoms with Gasteiger partial charge in [0, 0.05) is 50.6 Å². The van der Waals surface area contributed by atoms with Crippen molar-refractivity contribution < 1.29 is 8.42 Å². The van der Waals surface area contributed by atoms with Gasteiger partial charge in [0.1, 0.15) is 0 Å². The van der Waals surface area contributed by atoms with E-state index in [1.165, 1.54) is 24.2 Å². The Morgan fingerprint density at radius 3 is 1.79 bits per heavy atom. The Morgan fingerprint density at radius 2 is 1.21 bits per heavy atom. The minimum atomic E-state index is -3.20. The average molecular weight is 400 g/mol. The predicted octanol–water partition coefficient (Wildman–Crippen LogP) is 2.98. The third kappa shape index (κ3) is 4.50. The molecule has 2 saturated heterocycles. The van der Waals surface area contributed by atoms with Gasteiger partial charge in [0.25, 0.3) is 0 Å². The first-order valence-corrected chi connectivity index (χ1v) is 11.8. The molecule has 2 aliphatic rings. The van der Waals surface area contributed by atoms with Crippen molar-refractivity contribution in [3.63, 3.8) is 0 Å². The lowest BCUT2D eigenvalue weighted by molar-refractivity contribution is 0.385. The van der Waals surface area contributed by atoms with Gasteiger partial charge >= 0.3 is 0 Å². The fourth-order valence-electron chi connectivity index (χ4n) is 4.09. The van der Waals surface area contributed by atoms with E-state index in [1.807, 2.05) is 30.3 Å². The number of nitrogens with zero attached hydrogens (tertiary/aromatic N) is 3. The Hall–Kier alpha value is -2.05. The predicted molar refractivity (Wildman–Crippen MR) is 116 cm³/mol. The zero-order chi connectivity index (χ0) is 19.4. The summed E-state index contributed by atoms with van der Waals surface area (Å²) >= 11 is 0. The van der Waals surface area contributed by atoms with Gasteiger partial charge in [-0.1, -0.05) is 30.3 Å². The van der Waals surface area contributed by atoms with E-state index in [0.717, 1.165) is 31.7 Å². The van der Waals surface area contributed by atoms with Crippen molar-refractivity contribution in [3.05, 3.63) is 60.2 Å². The lowest BCUT2D eigenvalue weighted by atomic mass is 10.2. The van der Waals surface area contributed by atoms with Crippen molar-refractivity contribution in [1.29, 1.82) is 0 Å². The monoisotopic (exact) mass is 399 g/mol. The molecule has 28 heavy (non-hydrogen) atoms. The summed E-state index contributed by atoms with van der Waals surface area (Å²) in [6.45, 7) is 4.91. The molecule has 2 aliphatic heterocycles. The summed E-state index contributed by atoms with van der Waals surface area (Å²) in [5, 5.41) is 0. The zero-order valence-electron chi connectivity index (χ0n) is 16.3. The van der Waals surface area contributed by atoms with E-state index in [0.29, 0.717) is 19.5 Å². The highest BCUT2D eigenvalue weighted by Gasteiger charge is 2.26. The SMILES string of the molecule is O=S(=O)(CCc1ccccc1)N1CCN(c2ccc(N3CCCC3)cc2)CC1. The number of sulfonamides is 1. The molecule has 0 saturated carbocycles. The Morgan fingerprint density at radius 1 is 0.679 bits per heavy atom. The first kappa shape index (κ1) is 19.3. The summed E-state index contributed by atoms with van der Waals surface area (Å²) in [7, 11) is -3.20. The standard InChI is InChI=1S/C22H29N3O2S/c26-28(27,19-12-20-6-2-1-3-7-20)25-17-15-24(16-18-25)22-10-8-21(9-11-22)23-13-4-5-14-23/h1-3,6-11H,4-5,12-19H2. The van der Waals surface area contributed by atoms with Crippen LogP contribution >= 0.6 is 0 Å². The smallest absolute Gasteiger partial charge is 0.214 e. The van der Waals surface area contributed by atoms with E-state index in [9.17, 15) is 8.42 Å². The third-order valence-corrected chi connectivity index (χ3v) is 7.68. The average Bonchev–Trinajstić information content (AvgIpc) is 3.28. The molecular formula is C22H29N3O2S. The number of rotatable bonds is 6. The molecule has 2 aromatic carbocycles. The summed E-state index contributed by atoms with van der Waals surface area (Å²) < 4.78 is 27.0. The minimum Gasteiger partial charge on any atom is -0.372 e. The molecule has 0 aromatic heterocycles. The quantitative estimate of drug-likeness (QED) is 0.749. The summed E-state index contributed by atoms with van der Waals surface area (Å²) in [5.74, 6) is 0.182. The number of anilines is 2. The number of benzene rings is 2. The Balaban J connectivity index is 1.31. The van der Waals surface area contributed by atoms with Crippen LogP contribution in [0.1, 0.15) is 18.4 Å². The first-order chi connectivity index (χ1) is 13.6. The highest BCUT2D eigenvalue weighted by atomic mass is 32.2. The molecule has 2 heterocycles. The Labute approximate surface area is 168 Å². The van der Waals surface area contributed by atoms with Gasteiger partial charge in [-0.2, -0.15) is 4.31 Å². The molecule has 0 bridgehead atoms. The van der Waals surface area contributed by atoms with Gasteiger partial charge in [-0.15, -0.1) is 0 Å². The van der Waals surface area contributed by atoms with E-state index in [1.54, 1.807) is 4.31 Å². The summed E-state index contributed by atoms with van der Waals surface area (Å²) in [5.41, 5.74) is 3.55. The normalized spacial score (nSPS) is 18.6. The lowest BCUT2D eigenvalue weighted by Crippen LogP contribution is -2.49.